The van der Waals surface area contributed by atoms with Crippen molar-refractivity contribution in [2.75, 3.05) is 13.7 Å². The summed E-state index contributed by atoms with van der Waals surface area (Å²) in [6.07, 6.45) is 6.47. The molecule has 0 aromatic rings. The van der Waals surface area contributed by atoms with Gasteiger partial charge in [-0.2, -0.15) is 0 Å². The van der Waals surface area contributed by atoms with Crippen LogP contribution >= 0.6 is 0 Å². The van der Waals surface area contributed by atoms with Crippen molar-refractivity contribution in [1.82, 2.24) is 5.32 Å². The minimum Gasteiger partial charge on any atom is -0.445 e. The van der Waals surface area contributed by atoms with Crippen LogP contribution < -0.4 is 5.32 Å². The maximum Gasteiger partial charge on any atom is 0.407 e. The smallest absolute Gasteiger partial charge is 0.407 e. The molecule has 0 aliphatic carbocycles. The van der Waals surface area contributed by atoms with Crippen LogP contribution in [0.2, 0.25) is 0 Å². The monoisotopic (exact) mass is 227 g/mol. The van der Waals surface area contributed by atoms with Gasteiger partial charge >= 0.3 is 6.09 Å². The molecule has 4 nitrogen and oxygen atoms in total. The maximum absolute atomic E-state index is 11.3. The zero-order valence-corrected chi connectivity index (χ0v) is 10.5. The van der Waals surface area contributed by atoms with E-state index in [1.807, 2.05) is 20.8 Å². The second-order valence-corrected chi connectivity index (χ2v) is 3.97. The number of alkyl carbamates (subject to hydrolysis) is 1. The standard InChI is InChI=1S/C12H21NO3/c1-6-8-12(7-2,15-5)9-16-11(14)13-10(3)4/h2,10H,6,8-9H2,1,3-5H3,(H,13,14). The average Bonchev–Trinajstić information content (AvgIpc) is 2.23. The molecule has 92 valence electrons. The summed E-state index contributed by atoms with van der Waals surface area (Å²) < 4.78 is 10.3. The summed E-state index contributed by atoms with van der Waals surface area (Å²) in [5.41, 5.74) is -0.803. The third-order valence-corrected chi connectivity index (χ3v) is 2.15. The molecule has 0 aliphatic rings. The predicted octanol–water partition coefficient (Wildman–Crippen LogP) is 1.94. The molecule has 0 spiro atoms. The molecule has 1 unspecified atom stereocenters. The van der Waals surface area contributed by atoms with Gasteiger partial charge in [0.2, 0.25) is 0 Å². The summed E-state index contributed by atoms with van der Waals surface area (Å²) in [6, 6.07) is 0.0430. The summed E-state index contributed by atoms with van der Waals surface area (Å²) in [5.74, 6) is 2.55. The van der Waals surface area contributed by atoms with Gasteiger partial charge in [-0.15, -0.1) is 6.42 Å². The van der Waals surface area contributed by atoms with Crippen LogP contribution in [-0.2, 0) is 9.47 Å². The molecular weight excluding hydrogens is 206 g/mol. The second kappa shape index (κ2) is 7.13. The fourth-order valence-electron chi connectivity index (χ4n) is 1.27. The van der Waals surface area contributed by atoms with Gasteiger partial charge in [0.1, 0.15) is 6.61 Å². The Labute approximate surface area is 97.7 Å². The Morgan fingerprint density at radius 3 is 2.56 bits per heavy atom. The summed E-state index contributed by atoms with van der Waals surface area (Å²) in [7, 11) is 1.53. The summed E-state index contributed by atoms with van der Waals surface area (Å²) >= 11 is 0. The van der Waals surface area contributed by atoms with Gasteiger partial charge in [0.15, 0.2) is 5.60 Å². The van der Waals surface area contributed by atoms with Crippen molar-refractivity contribution in [2.24, 2.45) is 0 Å². The topological polar surface area (TPSA) is 47.6 Å². The van der Waals surface area contributed by atoms with E-state index in [2.05, 4.69) is 11.2 Å². The Morgan fingerprint density at radius 1 is 1.56 bits per heavy atom. The van der Waals surface area contributed by atoms with E-state index in [1.54, 1.807) is 0 Å². The number of hydrogen-bond acceptors (Lipinski definition) is 3. The molecule has 0 fully saturated rings. The number of rotatable bonds is 6. The van der Waals surface area contributed by atoms with E-state index in [4.69, 9.17) is 15.9 Å². The van der Waals surface area contributed by atoms with Crippen molar-refractivity contribution in [3.05, 3.63) is 0 Å². The van der Waals surface area contributed by atoms with Crippen LogP contribution in [0, 0.1) is 12.3 Å². The number of ether oxygens (including phenoxy) is 2. The molecular formula is C12H21NO3. The van der Waals surface area contributed by atoms with Gasteiger partial charge < -0.3 is 14.8 Å². The lowest BCUT2D eigenvalue weighted by Gasteiger charge is -2.26. The highest BCUT2D eigenvalue weighted by molar-refractivity contribution is 5.67. The molecule has 0 aromatic carbocycles. The minimum absolute atomic E-state index is 0.0430. The zero-order valence-electron chi connectivity index (χ0n) is 10.5. The van der Waals surface area contributed by atoms with E-state index in [0.717, 1.165) is 6.42 Å². The number of carbonyl (C=O) groups excluding carboxylic acids is 1. The van der Waals surface area contributed by atoms with Gasteiger partial charge in [0.05, 0.1) is 0 Å². The predicted molar refractivity (Wildman–Crippen MR) is 63.1 cm³/mol. The third-order valence-electron chi connectivity index (χ3n) is 2.15. The van der Waals surface area contributed by atoms with Gasteiger partial charge in [-0.1, -0.05) is 19.3 Å². The average molecular weight is 227 g/mol. The normalized spacial score (nSPS) is 14.0. The lowest BCUT2D eigenvalue weighted by Crippen LogP contribution is -2.39. The molecule has 0 aromatic heterocycles. The van der Waals surface area contributed by atoms with Gasteiger partial charge in [0.25, 0.3) is 0 Å². The Kier molecular flexibility index (Phi) is 6.59. The zero-order chi connectivity index (χ0) is 12.6. The molecule has 0 radical (unpaired) electrons. The first-order chi connectivity index (χ1) is 7.49. The van der Waals surface area contributed by atoms with E-state index >= 15 is 0 Å². The maximum atomic E-state index is 11.3. The van der Waals surface area contributed by atoms with E-state index in [0.29, 0.717) is 6.42 Å². The summed E-state index contributed by atoms with van der Waals surface area (Å²) in [5, 5.41) is 2.62. The molecule has 1 atom stereocenters. The van der Waals surface area contributed by atoms with Crippen molar-refractivity contribution in [2.45, 2.75) is 45.3 Å². The van der Waals surface area contributed by atoms with E-state index < -0.39 is 11.7 Å². The quantitative estimate of drug-likeness (QED) is 0.705. The van der Waals surface area contributed by atoms with Crippen LogP contribution in [0.1, 0.15) is 33.6 Å². The Hall–Kier alpha value is -1.21. The highest BCUT2D eigenvalue weighted by Gasteiger charge is 2.28. The van der Waals surface area contributed by atoms with Gasteiger partial charge in [0, 0.05) is 13.2 Å². The molecule has 16 heavy (non-hydrogen) atoms. The minimum atomic E-state index is -0.803. The largest absolute Gasteiger partial charge is 0.445 e. The Balaban J connectivity index is 4.22. The SMILES string of the molecule is C#CC(CCC)(COC(=O)NC(C)C)OC. The first-order valence-electron chi connectivity index (χ1n) is 5.46. The fraction of sp³-hybridized carbons (Fsp3) is 0.750. The Morgan fingerprint density at radius 2 is 2.19 bits per heavy atom. The molecule has 0 saturated heterocycles. The molecule has 0 aliphatic heterocycles. The van der Waals surface area contributed by atoms with Crippen molar-refractivity contribution in [3.63, 3.8) is 0 Å². The van der Waals surface area contributed by atoms with Crippen LogP contribution in [0.5, 0.6) is 0 Å². The van der Waals surface area contributed by atoms with Crippen molar-refractivity contribution in [1.29, 1.82) is 0 Å². The van der Waals surface area contributed by atoms with Crippen molar-refractivity contribution >= 4 is 6.09 Å². The van der Waals surface area contributed by atoms with Crippen LogP contribution in [0.15, 0.2) is 0 Å². The molecule has 0 heterocycles. The number of amides is 1. The lowest BCUT2D eigenvalue weighted by molar-refractivity contribution is -0.0196. The Bertz CT molecular complexity index is 257. The lowest BCUT2D eigenvalue weighted by atomic mass is 10.0. The van der Waals surface area contributed by atoms with Crippen LogP contribution in [0.3, 0.4) is 0 Å². The molecule has 0 saturated carbocycles. The first kappa shape index (κ1) is 14.8. The van der Waals surface area contributed by atoms with E-state index in [-0.39, 0.29) is 12.6 Å². The van der Waals surface area contributed by atoms with Crippen LogP contribution in [0.4, 0.5) is 4.79 Å². The highest BCUT2D eigenvalue weighted by Crippen LogP contribution is 2.16. The molecule has 1 amide bonds. The highest BCUT2D eigenvalue weighted by atomic mass is 16.6. The van der Waals surface area contributed by atoms with E-state index in [1.165, 1.54) is 7.11 Å². The number of hydrogen-bond donors (Lipinski definition) is 1. The first-order valence-corrected chi connectivity index (χ1v) is 5.46. The molecule has 4 heteroatoms. The van der Waals surface area contributed by atoms with E-state index in [9.17, 15) is 4.79 Å². The number of methoxy groups -OCH3 is 1. The van der Waals surface area contributed by atoms with Crippen molar-refractivity contribution < 1.29 is 14.3 Å². The summed E-state index contributed by atoms with van der Waals surface area (Å²) in [6.45, 7) is 5.79. The number of nitrogens with one attached hydrogen (secondary N) is 1. The van der Waals surface area contributed by atoms with Gasteiger partial charge in [-0.25, -0.2) is 4.79 Å². The fourth-order valence-corrected chi connectivity index (χ4v) is 1.27. The van der Waals surface area contributed by atoms with Gasteiger partial charge in [-0.3, -0.25) is 0 Å². The second-order valence-electron chi connectivity index (χ2n) is 3.97. The van der Waals surface area contributed by atoms with Gasteiger partial charge in [-0.05, 0) is 20.3 Å². The van der Waals surface area contributed by atoms with Crippen LogP contribution in [0.25, 0.3) is 0 Å². The molecule has 1 N–H and O–H groups in total. The summed E-state index contributed by atoms with van der Waals surface area (Å²) in [4.78, 5) is 11.3. The van der Waals surface area contributed by atoms with Crippen LogP contribution in [-0.4, -0.2) is 31.5 Å². The third kappa shape index (κ3) is 5.04. The van der Waals surface area contributed by atoms with Crippen molar-refractivity contribution in [3.8, 4) is 12.3 Å². The number of terminal acetylenes is 1. The number of carbonyl (C=O) groups is 1. The molecule has 0 bridgehead atoms. The molecule has 0 rings (SSSR count).